The number of anilines is 1. The van der Waals surface area contributed by atoms with E-state index in [0.29, 0.717) is 10.7 Å². The normalized spacial score (nSPS) is 12.7. The van der Waals surface area contributed by atoms with Crippen molar-refractivity contribution in [2.45, 2.75) is 36.7 Å². The number of halogens is 3. The van der Waals surface area contributed by atoms with E-state index < -0.39 is 17.0 Å². The minimum atomic E-state index is -4.41. The maximum atomic E-state index is 12.5. The van der Waals surface area contributed by atoms with Crippen LogP contribution in [0.25, 0.3) is 0 Å². The minimum absolute atomic E-state index is 0.231. The first-order chi connectivity index (χ1) is 11.3. The molecule has 1 unspecified atom stereocenters. The zero-order valence-electron chi connectivity index (χ0n) is 13.2. The summed E-state index contributed by atoms with van der Waals surface area (Å²) in [6.07, 6.45) is -2.72. The van der Waals surface area contributed by atoms with Crippen LogP contribution >= 0.6 is 11.8 Å². The molecular formula is C17H17F3N2OS. The molecule has 7 heteroatoms. The molecule has 0 saturated heterocycles. The molecule has 0 bridgehead atoms. The number of hydrogen-bond donors (Lipinski definition) is 1. The van der Waals surface area contributed by atoms with Crippen molar-refractivity contribution < 1.29 is 18.0 Å². The summed E-state index contributed by atoms with van der Waals surface area (Å²) in [5, 5.41) is 2.66. The van der Waals surface area contributed by atoms with Gasteiger partial charge in [0.05, 0.1) is 15.8 Å². The number of alkyl halides is 3. The molecule has 0 spiro atoms. The number of carbonyl (C=O) groups excluding carboxylic acids is 1. The van der Waals surface area contributed by atoms with Crippen LogP contribution in [0.5, 0.6) is 0 Å². The molecule has 2 aromatic rings. The molecule has 1 amide bonds. The second-order valence-electron chi connectivity index (χ2n) is 5.18. The van der Waals surface area contributed by atoms with Crippen LogP contribution in [0.4, 0.5) is 18.9 Å². The van der Waals surface area contributed by atoms with Crippen LogP contribution in [0, 0.1) is 0 Å². The van der Waals surface area contributed by atoms with Gasteiger partial charge in [0.2, 0.25) is 5.91 Å². The van der Waals surface area contributed by atoms with E-state index >= 15 is 0 Å². The Bertz CT molecular complexity index is 684. The quantitative estimate of drug-likeness (QED) is 0.786. The maximum absolute atomic E-state index is 12.5. The first-order valence-corrected chi connectivity index (χ1v) is 8.27. The van der Waals surface area contributed by atoms with Gasteiger partial charge in [-0.1, -0.05) is 30.8 Å². The van der Waals surface area contributed by atoms with Crippen molar-refractivity contribution in [2.24, 2.45) is 0 Å². The predicted octanol–water partition coefficient (Wildman–Crippen LogP) is 4.78. The molecule has 1 aromatic heterocycles. The van der Waals surface area contributed by atoms with Gasteiger partial charge in [0.25, 0.3) is 0 Å². The molecule has 3 nitrogen and oxygen atoms in total. The third-order valence-corrected chi connectivity index (χ3v) is 4.41. The van der Waals surface area contributed by atoms with Gasteiger partial charge in [0, 0.05) is 11.9 Å². The van der Waals surface area contributed by atoms with E-state index in [-0.39, 0.29) is 5.91 Å². The van der Waals surface area contributed by atoms with Gasteiger partial charge in [-0.05, 0) is 43.2 Å². The summed E-state index contributed by atoms with van der Waals surface area (Å²) in [4.78, 5) is 15.9. The molecule has 128 valence electrons. The van der Waals surface area contributed by atoms with E-state index in [0.717, 1.165) is 30.4 Å². The molecule has 24 heavy (non-hydrogen) atoms. The average molecular weight is 354 g/mol. The Labute approximate surface area is 142 Å². The van der Waals surface area contributed by atoms with E-state index in [1.807, 2.05) is 31.2 Å². The SMILES string of the molecule is CCc1ccc(NC(=O)C(C)Sc2ccc(C(F)(F)F)cn2)cc1. The van der Waals surface area contributed by atoms with Crippen molar-refractivity contribution in [3.8, 4) is 0 Å². The highest BCUT2D eigenvalue weighted by atomic mass is 32.2. The standard InChI is InChI=1S/C17H17F3N2OS/c1-3-12-4-7-14(8-5-12)22-16(23)11(2)24-15-9-6-13(10-21-15)17(18,19)20/h4-11H,3H2,1-2H3,(H,22,23). The molecule has 1 aromatic carbocycles. The van der Waals surface area contributed by atoms with Gasteiger partial charge in [-0.15, -0.1) is 0 Å². The number of nitrogens with one attached hydrogen (secondary N) is 1. The number of carbonyl (C=O) groups is 1. The first-order valence-electron chi connectivity index (χ1n) is 7.39. The second kappa shape index (κ2) is 7.70. The third-order valence-electron chi connectivity index (χ3n) is 3.36. The van der Waals surface area contributed by atoms with Crippen molar-refractivity contribution in [2.75, 3.05) is 5.32 Å². The topological polar surface area (TPSA) is 42.0 Å². The molecule has 0 aliphatic carbocycles. The number of thioether (sulfide) groups is 1. The second-order valence-corrected chi connectivity index (χ2v) is 6.54. The molecule has 0 fully saturated rings. The smallest absolute Gasteiger partial charge is 0.325 e. The van der Waals surface area contributed by atoms with E-state index in [9.17, 15) is 18.0 Å². The van der Waals surface area contributed by atoms with Crippen molar-refractivity contribution in [3.63, 3.8) is 0 Å². The van der Waals surface area contributed by atoms with Gasteiger partial charge in [-0.25, -0.2) is 4.98 Å². The van der Waals surface area contributed by atoms with Crippen LogP contribution in [-0.4, -0.2) is 16.1 Å². The van der Waals surface area contributed by atoms with Crippen molar-refractivity contribution in [3.05, 3.63) is 53.7 Å². The van der Waals surface area contributed by atoms with Gasteiger partial charge < -0.3 is 5.32 Å². The lowest BCUT2D eigenvalue weighted by Crippen LogP contribution is -2.22. The summed E-state index contributed by atoms with van der Waals surface area (Å²) in [6.45, 7) is 3.73. The summed E-state index contributed by atoms with van der Waals surface area (Å²) in [7, 11) is 0. The van der Waals surface area contributed by atoms with Gasteiger partial charge in [-0.2, -0.15) is 13.2 Å². The van der Waals surface area contributed by atoms with Crippen molar-refractivity contribution >= 4 is 23.4 Å². The lowest BCUT2D eigenvalue weighted by atomic mass is 10.1. The number of hydrogen-bond acceptors (Lipinski definition) is 3. The average Bonchev–Trinajstić information content (AvgIpc) is 2.55. The van der Waals surface area contributed by atoms with Gasteiger partial charge in [0.15, 0.2) is 0 Å². The maximum Gasteiger partial charge on any atom is 0.417 e. The number of nitrogens with zero attached hydrogens (tertiary/aromatic N) is 1. The van der Waals surface area contributed by atoms with Crippen LogP contribution in [0.2, 0.25) is 0 Å². The van der Waals surface area contributed by atoms with Gasteiger partial charge >= 0.3 is 6.18 Å². The highest BCUT2D eigenvalue weighted by Gasteiger charge is 2.30. The number of aryl methyl sites for hydroxylation is 1. The van der Waals surface area contributed by atoms with Crippen LogP contribution < -0.4 is 5.32 Å². The van der Waals surface area contributed by atoms with Crippen molar-refractivity contribution in [1.82, 2.24) is 4.98 Å². The first kappa shape index (κ1) is 18.3. The largest absolute Gasteiger partial charge is 0.417 e. The number of rotatable bonds is 5. The summed E-state index contributed by atoms with van der Waals surface area (Å²) in [6, 6.07) is 9.75. The molecule has 1 atom stereocenters. The van der Waals surface area contributed by atoms with Crippen molar-refractivity contribution in [1.29, 1.82) is 0 Å². The van der Waals surface area contributed by atoms with E-state index in [2.05, 4.69) is 10.3 Å². The zero-order chi connectivity index (χ0) is 17.7. The Balaban J connectivity index is 1.95. The summed E-state index contributed by atoms with van der Waals surface area (Å²) in [5.41, 5.74) is 1.05. The molecule has 1 N–H and O–H groups in total. The molecule has 2 rings (SSSR count). The van der Waals surface area contributed by atoms with E-state index in [1.165, 1.54) is 11.6 Å². The Morgan fingerprint density at radius 1 is 1.21 bits per heavy atom. The molecule has 1 heterocycles. The summed E-state index contributed by atoms with van der Waals surface area (Å²) < 4.78 is 37.5. The lowest BCUT2D eigenvalue weighted by Gasteiger charge is -2.12. The highest BCUT2D eigenvalue weighted by molar-refractivity contribution is 8.00. The lowest BCUT2D eigenvalue weighted by molar-refractivity contribution is -0.137. The Morgan fingerprint density at radius 3 is 2.38 bits per heavy atom. The fourth-order valence-corrected chi connectivity index (χ4v) is 2.71. The number of aromatic nitrogens is 1. The molecule has 0 aliphatic rings. The Kier molecular flexibility index (Phi) is 5.88. The Hall–Kier alpha value is -2.02. The zero-order valence-corrected chi connectivity index (χ0v) is 14.0. The number of benzene rings is 1. The molecule has 0 radical (unpaired) electrons. The number of pyridine rings is 1. The third kappa shape index (κ3) is 4.99. The predicted molar refractivity (Wildman–Crippen MR) is 89.0 cm³/mol. The molecular weight excluding hydrogens is 337 g/mol. The minimum Gasteiger partial charge on any atom is -0.325 e. The summed E-state index contributed by atoms with van der Waals surface area (Å²) >= 11 is 1.11. The Morgan fingerprint density at radius 2 is 1.88 bits per heavy atom. The van der Waals surface area contributed by atoms with Crippen LogP contribution in [0.15, 0.2) is 47.6 Å². The fourth-order valence-electron chi connectivity index (χ4n) is 1.92. The van der Waals surface area contributed by atoms with Crippen LogP contribution in [0.3, 0.4) is 0 Å². The fraction of sp³-hybridized carbons (Fsp3) is 0.294. The van der Waals surface area contributed by atoms with Gasteiger partial charge in [0.1, 0.15) is 0 Å². The highest BCUT2D eigenvalue weighted by Crippen LogP contribution is 2.30. The molecule has 0 saturated carbocycles. The number of amides is 1. The van der Waals surface area contributed by atoms with E-state index in [1.54, 1.807) is 6.92 Å². The summed E-state index contributed by atoms with van der Waals surface area (Å²) in [5.74, 6) is -0.231. The molecule has 0 aliphatic heterocycles. The van der Waals surface area contributed by atoms with Gasteiger partial charge in [-0.3, -0.25) is 4.79 Å². The van der Waals surface area contributed by atoms with Crippen LogP contribution in [-0.2, 0) is 17.4 Å². The van der Waals surface area contributed by atoms with Crippen LogP contribution in [0.1, 0.15) is 25.0 Å². The monoisotopic (exact) mass is 354 g/mol. The van der Waals surface area contributed by atoms with E-state index in [4.69, 9.17) is 0 Å².